The van der Waals surface area contributed by atoms with Crippen LogP contribution in [0.1, 0.15) is 11.1 Å². The maximum Gasteiger partial charge on any atom is 0.0541 e. The lowest BCUT2D eigenvalue weighted by Gasteiger charge is -2.12. The van der Waals surface area contributed by atoms with Crippen LogP contribution in [0.25, 0.3) is 38.4 Å². The average molecular weight is 321 g/mol. The normalized spacial score (nSPS) is 11.6. The zero-order valence-electron chi connectivity index (χ0n) is 14.5. The van der Waals surface area contributed by atoms with Gasteiger partial charge in [0, 0.05) is 10.8 Å². The summed E-state index contributed by atoms with van der Waals surface area (Å²) in [6.45, 7) is 4.29. The molecular weight excluding hydrogens is 302 g/mol. The number of hydrogen-bond donors (Lipinski definition) is 0. The SMILES string of the molecule is Cc1ccc(-c2ccc3c4ccc(C)cc4c4ccccc4n23)cc1. The minimum Gasteiger partial charge on any atom is -0.309 e. The number of hydrogen-bond acceptors (Lipinski definition) is 0. The van der Waals surface area contributed by atoms with Crippen LogP contribution < -0.4 is 0 Å². The van der Waals surface area contributed by atoms with E-state index in [2.05, 4.69) is 97.1 Å². The number of rotatable bonds is 1. The third-order valence-corrected chi connectivity index (χ3v) is 5.11. The van der Waals surface area contributed by atoms with E-state index in [9.17, 15) is 0 Å². The molecule has 0 saturated heterocycles. The molecule has 1 nitrogen and oxygen atoms in total. The van der Waals surface area contributed by atoms with Crippen molar-refractivity contribution in [2.45, 2.75) is 13.8 Å². The van der Waals surface area contributed by atoms with Gasteiger partial charge in [0.05, 0.1) is 16.7 Å². The summed E-state index contributed by atoms with van der Waals surface area (Å²) in [7, 11) is 0. The standard InChI is InChI=1S/C24H19N/c1-16-7-10-18(11-8-16)22-13-14-24-20-12-9-17(2)15-21(20)19-5-3-4-6-23(19)25(22)24/h3-15H,1-2H3. The van der Waals surface area contributed by atoms with Gasteiger partial charge in [-0.25, -0.2) is 0 Å². The number of nitrogens with zero attached hydrogens (tertiary/aromatic N) is 1. The zero-order valence-corrected chi connectivity index (χ0v) is 14.5. The van der Waals surface area contributed by atoms with E-state index in [0.29, 0.717) is 0 Å². The maximum absolute atomic E-state index is 2.40. The molecule has 2 aromatic heterocycles. The number of para-hydroxylation sites is 1. The molecule has 0 atom stereocenters. The lowest BCUT2D eigenvalue weighted by molar-refractivity contribution is 1.28. The van der Waals surface area contributed by atoms with Crippen LogP contribution in [0.15, 0.2) is 78.9 Å². The fourth-order valence-electron chi connectivity index (χ4n) is 3.86. The van der Waals surface area contributed by atoms with E-state index in [0.717, 1.165) is 0 Å². The first-order valence-corrected chi connectivity index (χ1v) is 8.72. The van der Waals surface area contributed by atoms with Gasteiger partial charge < -0.3 is 4.40 Å². The third kappa shape index (κ3) is 2.09. The van der Waals surface area contributed by atoms with Crippen LogP contribution in [0.5, 0.6) is 0 Å². The van der Waals surface area contributed by atoms with E-state index in [4.69, 9.17) is 0 Å². The Morgan fingerprint density at radius 1 is 0.560 bits per heavy atom. The highest BCUT2D eigenvalue weighted by atomic mass is 14.9. The molecule has 0 bridgehead atoms. The molecule has 0 aliphatic carbocycles. The first-order chi connectivity index (χ1) is 12.2. The number of aryl methyl sites for hydroxylation is 2. The number of benzene rings is 3. The highest BCUT2D eigenvalue weighted by Crippen LogP contribution is 2.34. The molecule has 0 amide bonds. The highest BCUT2D eigenvalue weighted by Gasteiger charge is 2.12. The molecule has 0 fully saturated rings. The summed E-state index contributed by atoms with van der Waals surface area (Å²) in [5, 5.41) is 3.94. The van der Waals surface area contributed by atoms with Crippen LogP contribution in [0.4, 0.5) is 0 Å². The van der Waals surface area contributed by atoms with Crippen LogP contribution in [0, 0.1) is 13.8 Å². The Bertz CT molecular complexity index is 1240. The van der Waals surface area contributed by atoms with Crippen LogP contribution in [-0.2, 0) is 0 Å². The minimum absolute atomic E-state index is 1.24. The maximum atomic E-state index is 2.40. The predicted octanol–water partition coefficient (Wildman–Crippen LogP) is 6.53. The van der Waals surface area contributed by atoms with Crippen molar-refractivity contribution in [3.05, 3.63) is 90.0 Å². The Morgan fingerprint density at radius 2 is 1.24 bits per heavy atom. The Labute approximate surface area is 147 Å². The van der Waals surface area contributed by atoms with Crippen molar-refractivity contribution in [2.75, 3.05) is 0 Å². The fourth-order valence-corrected chi connectivity index (χ4v) is 3.86. The summed E-state index contributed by atoms with van der Waals surface area (Å²) in [4.78, 5) is 0. The molecule has 120 valence electrons. The second-order valence-electron chi connectivity index (χ2n) is 6.87. The summed E-state index contributed by atoms with van der Waals surface area (Å²) in [5.41, 5.74) is 7.61. The summed E-state index contributed by atoms with van der Waals surface area (Å²) < 4.78 is 2.40. The molecule has 0 unspecified atom stereocenters. The number of fused-ring (bicyclic) bond motifs is 6. The topological polar surface area (TPSA) is 4.41 Å². The van der Waals surface area contributed by atoms with Gasteiger partial charge in [0.25, 0.3) is 0 Å². The monoisotopic (exact) mass is 321 g/mol. The van der Waals surface area contributed by atoms with E-state index in [-0.39, 0.29) is 0 Å². The van der Waals surface area contributed by atoms with Gasteiger partial charge in [-0.05, 0) is 43.0 Å². The lowest BCUT2D eigenvalue weighted by atomic mass is 10.0. The van der Waals surface area contributed by atoms with Crippen molar-refractivity contribution in [1.82, 2.24) is 4.40 Å². The molecule has 0 saturated carbocycles. The second-order valence-corrected chi connectivity index (χ2v) is 6.87. The lowest BCUT2D eigenvalue weighted by Crippen LogP contribution is -1.93. The van der Waals surface area contributed by atoms with Crippen LogP contribution in [0.3, 0.4) is 0 Å². The number of aromatic nitrogens is 1. The molecule has 0 aliphatic rings. The van der Waals surface area contributed by atoms with Gasteiger partial charge in [0.1, 0.15) is 0 Å². The summed E-state index contributed by atoms with van der Waals surface area (Å²) in [6.07, 6.45) is 0. The Hall–Kier alpha value is -3.06. The van der Waals surface area contributed by atoms with Gasteiger partial charge in [-0.2, -0.15) is 0 Å². The third-order valence-electron chi connectivity index (χ3n) is 5.11. The highest BCUT2D eigenvalue weighted by molar-refractivity contribution is 6.13. The largest absolute Gasteiger partial charge is 0.309 e. The quantitative estimate of drug-likeness (QED) is 0.309. The molecule has 0 spiro atoms. The van der Waals surface area contributed by atoms with Gasteiger partial charge in [0.2, 0.25) is 0 Å². The van der Waals surface area contributed by atoms with Crippen molar-refractivity contribution in [2.24, 2.45) is 0 Å². The molecule has 0 aliphatic heterocycles. The molecule has 3 aromatic carbocycles. The van der Waals surface area contributed by atoms with Gasteiger partial charge in [-0.1, -0.05) is 71.8 Å². The van der Waals surface area contributed by atoms with Crippen LogP contribution in [0.2, 0.25) is 0 Å². The Balaban J connectivity index is 1.99. The predicted molar refractivity (Wildman–Crippen MR) is 107 cm³/mol. The van der Waals surface area contributed by atoms with Gasteiger partial charge in [-0.3, -0.25) is 0 Å². The Morgan fingerprint density at radius 3 is 2.08 bits per heavy atom. The van der Waals surface area contributed by atoms with Crippen molar-refractivity contribution in [1.29, 1.82) is 0 Å². The molecular formula is C24H19N. The van der Waals surface area contributed by atoms with E-state index in [1.807, 2.05) is 0 Å². The minimum atomic E-state index is 1.24. The van der Waals surface area contributed by atoms with E-state index in [1.165, 1.54) is 49.6 Å². The van der Waals surface area contributed by atoms with Gasteiger partial charge in [-0.15, -0.1) is 0 Å². The summed E-state index contributed by atoms with van der Waals surface area (Å²) in [6, 6.07) is 28.8. The van der Waals surface area contributed by atoms with Crippen LogP contribution >= 0.6 is 0 Å². The Kier molecular flexibility index (Phi) is 2.98. The second kappa shape index (κ2) is 5.22. The first-order valence-electron chi connectivity index (χ1n) is 8.72. The van der Waals surface area contributed by atoms with Crippen molar-refractivity contribution in [3.63, 3.8) is 0 Å². The van der Waals surface area contributed by atoms with Crippen LogP contribution in [-0.4, -0.2) is 4.40 Å². The molecule has 0 radical (unpaired) electrons. The zero-order chi connectivity index (χ0) is 17.0. The first kappa shape index (κ1) is 14.3. The van der Waals surface area contributed by atoms with E-state index in [1.54, 1.807) is 0 Å². The van der Waals surface area contributed by atoms with E-state index < -0.39 is 0 Å². The molecule has 0 N–H and O–H groups in total. The molecule has 5 rings (SSSR count). The fraction of sp³-hybridized carbons (Fsp3) is 0.0833. The van der Waals surface area contributed by atoms with Crippen molar-refractivity contribution < 1.29 is 0 Å². The summed E-state index contributed by atoms with van der Waals surface area (Å²) >= 11 is 0. The average Bonchev–Trinajstić information content (AvgIpc) is 3.08. The molecule has 1 heteroatoms. The molecule has 2 heterocycles. The van der Waals surface area contributed by atoms with Gasteiger partial charge in [0.15, 0.2) is 0 Å². The van der Waals surface area contributed by atoms with Crippen molar-refractivity contribution in [3.8, 4) is 11.3 Å². The smallest absolute Gasteiger partial charge is 0.0541 e. The van der Waals surface area contributed by atoms with Crippen molar-refractivity contribution >= 4 is 27.2 Å². The van der Waals surface area contributed by atoms with E-state index >= 15 is 0 Å². The van der Waals surface area contributed by atoms with Gasteiger partial charge >= 0.3 is 0 Å². The molecule has 25 heavy (non-hydrogen) atoms. The number of pyridine rings is 1. The summed E-state index contributed by atoms with van der Waals surface area (Å²) in [5.74, 6) is 0. The molecule has 5 aromatic rings.